The van der Waals surface area contributed by atoms with Gasteiger partial charge in [0.05, 0.1) is 0 Å². The van der Waals surface area contributed by atoms with Crippen LogP contribution in [-0.4, -0.2) is 64.8 Å². The average Bonchev–Trinajstić information content (AvgIpc) is 2.25. The molecule has 0 atom stereocenters. The van der Waals surface area contributed by atoms with E-state index in [0.717, 1.165) is 0 Å². The zero-order chi connectivity index (χ0) is 16.1. The molecule has 11 heteroatoms. The van der Waals surface area contributed by atoms with Crippen molar-refractivity contribution in [3.05, 3.63) is 0 Å². The van der Waals surface area contributed by atoms with E-state index in [9.17, 15) is 0 Å². The van der Waals surface area contributed by atoms with E-state index >= 15 is 0 Å². The maximum atomic E-state index is 8.85. The molecule has 1 rings (SSSR count). The van der Waals surface area contributed by atoms with Gasteiger partial charge in [-0.3, -0.25) is 0 Å². The molecule has 0 aliphatic heterocycles. The molecule has 0 aliphatic carbocycles. The van der Waals surface area contributed by atoms with Crippen molar-refractivity contribution >= 4 is 17.8 Å². The summed E-state index contributed by atoms with van der Waals surface area (Å²) in [5, 5.41) is 0. The Hall–Kier alpha value is -1.38. The molecule has 1 heterocycles. The Morgan fingerprint density at radius 2 is 0.850 bits per heavy atom. The summed E-state index contributed by atoms with van der Waals surface area (Å²) in [5.74, 6) is 1.99. The Bertz CT molecular complexity index is 458. The van der Waals surface area contributed by atoms with Crippen molar-refractivity contribution in [2.24, 2.45) is 0 Å². The Labute approximate surface area is 121 Å². The third kappa shape index (κ3) is 7.92. The van der Waals surface area contributed by atoms with Crippen molar-refractivity contribution in [2.75, 3.05) is 57.0 Å². The summed E-state index contributed by atoms with van der Waals surface area (Å²) in [7, 11) is 11.5. The van der Waals surface area contributed by atoms with Crippen LogP contribution in [0.3, 0.4) is 0 Å². The molecule has 0 fully saturated rings. The minimum absolute atomic E-state index is 0.664. The summed E-state index contributed by atoms with van der Waals surface area (Å²) < 4.78 is 32.0. The van der Waals surface area contributed by atoms with E-state index in [2.05, 4.69) is 15.0 Å². The summed E-state index contributed by atoms with van der Waals surface area (Å²) in [6.07, 6.45) is 0. The number of nitrogens with zero attached hydrogens (tertiary/aromatic N) is 6. The van der Waals surface area contributed by atoms with Gasteiger partial charge < -0.3 is 14.7 Å². The van der Waals surface area contributed by atoms with Crippen LogP contribution in [0.4, 0.5) is 17.8 Å². The Morgan fingerprint density at radius 3 is 0.950 bits per heavy atom. The van der Waals surface area contributed by atoms with E-state index in [-0.39, 0.29) is 0 Å². The van der Waals surface area contributed by atoms with Crippen molar-refractivity contribution in [1.29, 1.82) is 0 Å². The van der Waals surface area contributed by atoms with Gasteiger partial charge in [0.1, 0.15) is 0 Å². The quantitative estimate of drug-likeness (QED) is 0.620. The second kappa shape index (κ2) is 7.41. The number of aromatic nitrogens is 3. The van der Waals surface area contributed by atoms with Crippen LogP contribution in [0.25, 0.3) is 0 Å². The van der Waals surface area contributed by atoms with Crippen LogP contribution in [0.5, 0.6) is 0 Å². The van der Waals surface area contributed by atoms with Crippen LogP contribution >= 0.6 is 0 Å². The van der Waals surface area contributed by atoms with Gasteiger partial charge in [0.25, 0.3) is 0 Å². The molecule has 0 amide bonds. The molecule has 1 aromatic rings. The molecule has 0 aliphatic rings. The molecule has 0 radical (unpaired) electrons. The van der Waals surface area contributed by atoms with Crippen LogP contribution in [0.2, 0.25) is 0 Å². The Morgan fingerprint density at radius 1 is 0.700 bits per heavy atom. The van der Waals surface area contributed by atoms with E-state index in [4.69, 9.17) is 14.3 Å². The fraction of sp³-hybridized carbons (Fsp3) is 0.667. The zero-order valence-corrected chi connectivity index (χ0v) is 14.3. The van der Waals surface area contributed by atoms with Crippen LogP contribution < -0.4 is 14.7 Å². The Kier molecular flexibility index (Phi) is 6.90. The molecule has 1 aromatic heterocycles. The number of hydrogen-bond acceptors (Lipinski definition) is 8. The summed E-state index contributed by atoms with van der Waals surface area (Å²) in [6.45, 7) is 0. The minimum atomic E-state index is -5.52. The first kappa shape index (κ1) is 18.6. The van der Waals surface area contributed by atoms with E-state index in [0.29, 0.717) is 17.8 Å². The predicted octanol–water partition coefficient (Wildman–Crippen LogP) is -1.28. The van der Waals surface area contributed by atoms with Crippen LogP contribution in [-0.2, 0) is 23.5 Å². The van der Waals surface area contributed by atoms with Crippen molar-refractivity contribution in [3.8, 4) is 0 Å². The van der Waals surface area contributed by atoms with E-state index < -0.39 is 16.7 Å². The van der Waals surface area contributed by atoms with Gasteiger partial charge in [-0.1, -0.05) is 0 Å². The number of hydrogen-bond donors (Lipinski definition) is 2. The second-order valence-corrected chi connectivity index (χ2v) is 6.57. The van der Waals surface area contributed by atoms with Crippen molar-refractivity contribution in [3.63, 3.8) is 0 Å². The van der Waals surface area contributed by atoms with Gasteiger partial charge in [-0.05, 0) is 0 Å². The zero-order valence-electron chi connectivity index (χ0n) is 12.3. The van der Waals surface area contributed by atoms with Gasteiger partial charge in [-0.25, -0.2) is 0 Å². The SMILES string of the molecule is CN(C)c1nc(N(C)C)nc(N(C)C)n1.[O]=[Mo](=[O])([OH])[OH]. The van der Waals surface area contributed by atoms with Gasteiger partial charge in [-0.15, -0.1) is 0 Å². The van der Waals surface area contributed by atoms with Gasteiger partial charge >= 0.3 is 31.1 Å². The molecule has 116 valence electrons. The molecule has 20 heavy (non-hydrogen) atoms. The topological polar surface area (TPSA) is 123 Å². The van der Waals surface area contributed by atoms with Crippen molar-refractivity contribution in [2.45, 2.75) is 0 Å². The molecule has 2 N–H and O–H groups in total. The van der Waals surface area contributed by atoms with Gasteiger partial charge in [0.15, 0.2) is 0 Å². The fourth-order valence-corrected chi connectivity index (χ4v) is 0.943. The molecule has 0 saturated carbocycles. The Balaban J connectivity index is 0.000000621. The van der Waals surface area contributed by atoms with Crippen molar-refractivity contribution in [1.82, 2.24) is 15.0 Å². The third-order valence-electron chi connectivity index (χ3n) is 1.80. The maximum absolute atomic E-state index is 8.85. The van der Waals surface area contributed by atoms with E-state index in [1.54, 1.807) is 0 Å². The molecule has 0 saturated heterocycles. The summed E-state index contributed by atoms with van der Waals surface area (Å²) >= 11 is -5.52. The monoisotopic (exact) mass is 374 g/mol. The molecule has 0 aromatic carbocycles. The van der Waals surface area contributed by atoms with E-state index in [1.807, 2.05) is 57.0 Å². The molecular weight excluding hydrogens is 352 g/mol. The molecule has 10 nitrogen and oxygen atoms in total. The number of anilines is 3. The summed E-state index contributed by atoms with van der Waals surface area (Å²) in [5.41, 5.74) is 0. The third-order valence-corrected chi connectivity index (χ3v) is 1.80. The summed E-state index contributed by atoms with van der Waals surface area (Å²) in [6, 6.07) is 0. The molecule has 0 spiro atoms. The second-order valence-electron chi connectivity index (χ2n) is 4.37. The fourth-order valence-electron chi connectivity index (χ4n) is 0.943. The summed E-state index contributed by atoms with van der Waals surface area (Å²) in [4.78, 5) is 18.5. The van der Waals surface area contributed by atoms with Crippen molar-refractivity contribution < 1.29 is 31.1 Å². The van der Waals surface area contributed by atoms with Crippen LogP contribution in [0.15, 0.2) is 0 Å². The molecular formula is C9H20MoN6O4. The average molecular weight is 372 g/mol. The van der Waals surface area contributed by atoms with Gasteiger partial charge in [0.2, 0.25) is 17.8 Å². The standard InChI is InChI=1S/C9H18N6.Mo.2H2O.2O/c1-13(2)7-10-8(14(3)4)12-9(11-7)15(5)6;;;;;/h1-6H3;;2*1H2;;/q;+2;;;;/p-2. The predicted molar refractivity (Wildman–Crippen MR) is 68.6 cm³/mol. The first-order valence-electron chi connectivity index (χ1n) is 5.39. The van der Waals surface area contributed by atoms with Crippen LogP contribution in [0, 0.1) is 0 Å². The van der Waals surface area contributed by atoms with Gasteiger partial charge in [0, 0.05) is 42.3 Å². The molecule has 0 bridgehead atoms. The van der Waals surface area contributed by atoms with Gasteiger partial charge in [-0.2, -0.15) is 15.0 Å². The van der Waals surface area contributed by atoms with E-state index in [1.165, 1.54) is 0 Å². The van der Waals surface area contributed by atoms with Crippen LogP contribution in [0.1, 0.15) is 0 Å². The first-order chi connectivity index (χ1) is 8.91. The normalized spacial score (nSPS) is 10.4. The molecule has 0 unspecified atom stereocenters. The number of rotatable bonds is 3. The first-order valence-corrected chi connectivity index (χ1v) is 8.83.